The van der Waals surface area contributed by atoms with Crippen molar-refractivity contribution in [2.75, 3.05) is 0 Å². The molecule has 1 aliphatic carbocycles. The van der Waals surface area contributed by atoms with Gasteiger partial charge in [-0.25, -0.2) is 0 Å². The number of ketones is 1. The van der Waals surface area contributed by atoms with Crippen LogP contribution in [0.1, 0.15) is 46.1 Å². The van der Waals surface area contributed by atoms with Crippen LogP contribution in [0.5, 0.6) is 0 Å². The third-order valence-corrected chi connectivity index (χ3v) is 4.17. The summed E-state index contributed by atoms with van der Waals surface area (Å²) in [5.41, 5.74) is 1.26. The molecule has 0 aliphatic heterocycles. The van der Waals surface area contributed by atoms with Crippen molar-refractivity contribution in [3.63, 3.8) is 0 Å². The molecule has 0 saturated carbocycles. The van der Waals surface area contributed by atoms with E-state index < -0.39 is 0 Å². The van der Waals surface area contributed by atoms with Crippen molar-refractivity contribution in [2.24, 2.45) is 11.3 Å². The molecule has 0 amide bonds. The Morgan fingerprint density at radius 3 is 2.48 bits per heavy atom. The molecule has 114 valence electrons. The van der Waals surface area contributed by atoms with Gasteiger partial charge in [0.05, 0.1) is 6.10 Å². The second-order valence-electron chi connectivity index (χ2n) is 6.92. The maximum absolute atomic E-state index is 12.5. The van der Waals surface area contributed by atoms with Crippen LogP contribution in [0.4, 0.5) is 0 Å². The van der Waals surface area contributed by atoms with Crippen LogP contribution in [0.3, 0.4) is 0 Å². The second-order valence-corrected chi connectivity index (χ2v) is 6.92. The van der Waals surface area contributed by atoms with Gasteiger partial charge in [-0.05, 0) is 37.7 Å². The van der Waals surface area contributed by atoms with Crippen molar-refractivity contribution in [3.8, 4) is 0 Å². The number of rotatable bonds is 5. The Kier molecular flexibility index (Phi) is 4.87. The topological polar surface area (TPSA) is 26.3 Å². The van der Waals surface area contributed by atoms with Crippen LogP contribution in [0, 0.1) is 11.3 Å². The summed E-state index contributed by atoms with van der Waals surface area (Å²) in [5.74, 6) is 1.14. The highest BCUT2D eigenvalue weighted by atomic mass is 16.5. The molecule has 1 aromatic carbocycles. The predicted octanol–water partition coefficient (Wildman–Crippen LogP) is 4.54. The van der Waals surface area contributed by atoms with E-state index in [0.29, 0.717) is 0 Å². The van der Waals surface area contributed by atoms with Gasteiger partial charge in [0.25, 0.3) is 0 Å². The summed E-state index contributed by atoms with van der Waals surface area (Å²) in [4.78, 5) is 12.5. The highest BCUT2D eigenvalue weighted by Gasteiger charge is 2.38. The van der Waals surface area contributed by atoms with E-state index in [4.69, 9.17) is 4.74 Å². The zero-order chi connectivity index (χ0) is 15.5. The van der Waals surface area contributed by atoms with Crippen LogP contribution in [-0.4, -0.2) is 11.9 Å². The van der Waals surface area contributed by atoms with Crippen LogP contribution in [0.2, 0.25) is 0 Å². The van der Waals surface area contributed by atoms with Gasteiger partial charge in [-0.2, -0.15) is 0 Å². The Labute approximate surface area is 128 Å². The van der Waals surface area contributed by atoms with Crippen molar-refractivity contribution in [2.45, 2.75) is 53.1 Å². The van der Waals surface area contributed by atoms with E-state index in [1.807, 2.05) is 19.9 Å². The zero-order valence-corrected chi connectivity index (χ0v) is 13.6. The molecule has 0 radical (unpaired) electrons. The highest BCUT2D eigenvalue weighted by Crippen LogP contribution is 2.41. The first-order valence-electron chi connectivity index (χ1n) is 7.83. The first kappa shape index (κ1) is 15.8. The largest absolute Gasteiger partial charge is 0.495 e. The van der Waals surface area contributed by atoms with E-state index in [1.165, 1.54) is 5.56 Å². The van der Waals surface area contributed by atoms with E-state index in [0.717, 1.165) is 25.0 Å². The zero-order valence-electron chi connectivity index (χ0n) is 13.6. The van der Waals surface area contributed by atoms with Gasteiger partial charge >= 0.3 is 0 Å². The van der Waals surface area contributed by atoms with Crippen molar-refractivity contribution in [3.05, 3.63) is 47.7 Å². The number of carbonyl (C=O) groups is 1. The number of hydrogen-bond acceptors (Lipinski definition) is 2. The summed E-state index contributed by atoms with van der Waals surface area (Å²) in [6.07, 6.45) is 4.55. The van der Waals surface area contributed by atoms with E-state index in [9.17, 15) is 4.79 Å². The second kappa shape index (κ2) is 6.46. The number of ether oxygens (including phenoxy) is 1. The molecule has 0 heterocycles. The molecule has 1 atom stereocenters. The lowest BCUT2D eigenvalue weighted by Crippen LogP contribution is -2.35. The Morgan fingerprint density at radius 1 is 1.24 bits per heavy atom. The summed E-state index contributed by atoms with van der Waals surface area (Å²) in [6, 6.07) is 10.4. The maximum Gasteiger partial charge on any atom is 0.162 e. The van der Waals surface area contributed by atoms with E-state index >= 15 is 0 Å². The lowest BCUT2D eigenvalue weighted by molar-refractivity contribution is -0.123. The SMILES string of the molecule is CC(C)OC1=CC(=O)C(CCc2ccccc2)C(C)(C)C1. The summed E-state index contributed by atoms with van der Waals surface area (Å²) in [7, 11) is 0. The number of benzene rings is 1. The van der Waals surface area contributed by atoms with Gasteiger partial charge in [-0.15, -0.1) is 0 Å². The summed E-state index contributed by atoms with van der Waals surface area (Å²) >= 11 is 0. The normalized spacial score (nSPS) is 21.3. The van der Waals surface area contributed by atoms with E-state index in [-0.39, 0.29) is 23.2 Å². The van der Waals surface area contributed by atoms with Crippen LogP contribution in [0.15, 0.2) is 42.2 Å². The number of allylic oxidation sites excluding steroid dienone is 2. The first-order chi connectivity index (χ1) is 9.88. The predicted molar refractivity (Wildman–Crippen MR) is 86.0 cm³/mol. The van der Waals surface area contributed by atoms with Crippen molar-refractivity contribution in [1.29, 1.82) is 0 Å². The molecule has 0 spiro atoms. The summed E-state index contributed by atoms with van der Waals surface area (Å²) in [5, 5.41) is 0. The minimum Gasteiger partial charge on any atom is -0.495 e. The molecule has 1 aromatic rings. The van der Waals surface area contributed by atoms with Gasteiger partial charge < -0.3 is 4.74 Å². The Bertz CT molecular complexity index is 512. The summed E-state index contributed by atoms with van der Waals surface area (Å²) in [6.45, 7) is 8.36. The third kappa shape index (κ3) is 4.20. The van der Waals surface area contributed by atoms with Gasteiger partial charge in [0.1, 0.15) is 5.76 Å². The molecule has 0 fully saturated rings. The average molecular weight is 286 g/mol. The molecule has 21 heavy (non-hydrogen) atoms. The van der Waals surface area contributed by atoms with Crippen molar-refractivity contribution in [1.82, 2.24) is 0 Å². The first-order valence-corrected chi connectivity index (χ1v) is 7.83. The molecular formula is C19H26O2. The maximum atomic E-state index is 12.5. The molecule has 2 heteroatoms. The molecule has 0 aromatic heterocycles. The number of carbonyl (C=O) groups excluding carboxylic acids is 1. The van der Waals surface area contributed by atoms with Crippen LogP contribution in [0.25, 0.3) is 0 Å². The van der Waals surface area contributed by atoms with Gasteiger partial charge in [-0.1, -0.05) is 44.2 Å². The standard InChI is InChI=1S/C19H26O2/c1-14(2)21-16-12-18(20)17(19(3,4)13-16)11-10-15-8-6-5-7-9-15/h5-9,12,14,17H,10-11,13H2,1-4H3. The molecule has 2 rings (SSSR count). The molecule has 2 nitrogen and oxygen atoms in total. The Morgan fingerprint density at radius 2 is 1.90 bits per heavy atom. The monoisotopic (exact) mass is 286 g/mol. The average Bonchev–Trinajstić information content (AvgIpc) is 2.37. The highest BCUT2D eigenvalue weighted by molar-refractivity contribution is 5.93. The van der Waals surface area contributed by atoms with Gasteiger partial charge in [0, 0.05) is 18.4 Å². The molecular weight excluding hydrogens is 260 g/mol. The molecule has 0 bridgehead atoms. The van der Waals surface area contributed by atoms with E-state index in [2.05, 4.69) is 38.1 Å². The molecule has 1 aliphatic rings. The fraction of sp³-hybridized carbons (Fsp3) is 0.526. The van der Waals surface area contributed by atoms with Crippen molar-refractivity contribution >= 4 is 5.78 Å². The molecule has 1 unspecified atom stereocenters. The van der Waals surface area contributed by atoms with Gasteiger partial charge in [0.15, 0.2) is 5.78 Å². The van der Waals surface area contributed by atoms with Crippen LogP contribution >= 0.6 is 0 Å². The van der Waals surface area contributed by atoms with Gasteiger partial charge in [-0.3, -0.25) is 4.79 Å². The number of hydrogen-bond donors (Lipinski definition) is 0. The smallest absolute Gasteiger partial charge is 0.162 e. The Balaban J connectivity index is 2.06. The van der Waals surface area contributed by atoms with Crippen LogP contribution < -0.4 is 0 Å². The lowest BCUT2D eigenvalue weighted by Gasteiger charge is -2.37. The molecule has 0 N–H and O–H groups in total. The molecule has 0 saturated heterocycles. The quantitative estimate of drug-likeness (QED) is 0.794. The fourth-order valence-corrected chi connectivity index (χ4v) is 3.13. The Hall–Kier alpha value is -1.57. The minimum absolute atomic E-state index is 0.0369. The van der Waals surface area contributed by atoms with Gasteiger partial charge in [0.2, 0.25) is 0 Å². The van der Waals surface area contributed by atoms with Crippen molar-refractivity contribution < 1.29 is 9.53 Å². The van der Waals surface area contributed by atoms with E-state index in [1.54, 1.807) is 6.08 Å². The third-order valence-electron chi connectivity index (χ3n) is 4.17. The number of aryl methyl sites for hydroxylation is 1. The minimum atomic E-state index is -0.0369. The summed E-state index contributed by atoms with van der Waals surface area (Å²) < 4.78 is 5.75. The fourth-order valence-electron chi connectivity index (χ4n) is 3.13. The van der Waals surface area contributed by atoms with Crippen LogP contribution in [-0.2, 0) is 16.0 Å². The lowest BCUT2D eigenvalue weighted by atomic mass is 9.68.